The molecule has 0 amide bonds. The second kappa shape index (κ2) is 5.99. The highest BCUT2D eigenvalue weighted by Crippen LogP contribution is 2.19. The first-order valence-electron chi connectivity index (χ1n) is 5.17. The molecule has 0 bridgehead atoms. The summed E-state index contributed by atoms with van der Waals surface area (Å²) < 4.78 is 0. The summed E-state index contributed by atoms with van der Waals surface area (Å²) in [5.74, 6) is 0.954. The highest BCUT2D eigenvalue weighted by molar-refractivity contribution is 7.99. The zero-order valence-corrected chi connectivity index (χ0v) is 10.3. The van der Waals surface area contributed by atoms with Crippen molar-refractivity contribution in [2.24, 2.45) is 5.73 Å². The maximum Gasteiger partial charge on any atom is 0.0171 e. The Balaban J connectivity index is 2.36. The van der Waals surface area contributed by atoms with E-state index in [0.717, 1.165) is 17.7 Å². The number of rotatable bonds is 5. The monoisotopic (exact) mass is 221 g/mol. The Morgan fingerprint density at radius 2 is 2.00 bits per heavy atom. The molecule has 0 spiro atoms. The van der Waals surface area contributed by atoms with Crippen LogP contribution in [0.1, 0.15) is 18.9 Å². The van der Waals surface area contributed by atoms with E-state index < -0.39 is 0 Å². The molecule has 0 aliphatic rings. The van der Waals surface area contributed by atoms with Crippen molar-refractivity contribution in [3.8, 4) is 0 Å². The van der Waals surface area contributed by atoms with Crippen molar-refractivity contribution in [3.63, 3.8) is 0 Å². The number of thioether (sulfide) groups is 1. The van der Waals surface area contributed by atoms with Crippen LogP contribution < -0.4 is 5.73 Å². The smallest absolute Gasteiger partial charge is 0.0171 e. The predicted octanol–water partition coefficient (Wildman–Crippen LogP) is 3.38. The summed E-state index contributed by atoms with van der Waals surface area (Å²) in [7, 11) is 0. The third kappa shape index (κ3) is 5.05. The highest BCUT2D eigenvalue weighted by Gasteiger charge is 2.03. The number of benzene rings is 1. The van der Waals surface area contributed by atoms with Crippen LogP contribution in [-0.4, -0.2) is 11.8 Å². The van der Waals surface area contributed by atoms with Crippen LogP contribution in [0.2, 0.25) is 0 Å². The minimum atomic E-state index is 0.216. The Kier molecular flexibility index (Phi) is 4.92. The molecule has 0 aliphatic carbocycles. The Bertz CT molecular complexity index is 316. The zero-order valence-electron chi connectivity index (χ0n) is 9.49. The van der Waals surface area contributed by atoms with E-state index in [-0.39, 0.29) is 6.04 Å². The predicted molar refractivity (Wildman–Crippen MR) is 69.3 cm³/mol. The Labute approximate surface area is 96.8 Å². The first kappa shape index (κ1) is 12.3. The first-order chi connectivity index (χ1) is 7.08. The lowest BCUT2D eigenvalue weighted by atomic mass is 10.1. The van der Waals surface area contributed by atoms with E-state index in [4.69, 9.17) is 5.73 Å². The van der Waals surface area contributed by atoms with Gasteiger partial charge < -0.3 is 5.73 Å². The summed E-state index contributed by atoms with van der Waals surface area (Å²) in [5.41, 5.74) is 8.43. The van der Waals surface area contributed by atoms with E-state index in [1.807, 2.05) is 18.7 Å². The molecule has 1 aromatic carbocycles. The van der Waals surface area contributed by atoms with Gasteiger partial charge in [-0.25, -0.2) is 0 Å². The van der Waals surface area contributed by atoms with Crippen molar-refractivity contribution in [1.82, 2.24) is 0 Å². The van der Waals surface area contributed by atoms with E-state index in [1.165, 1.54) is 10.5 Å². The van der Waals surface area contributed by atoms with Crippen LogP contribution >= 0.6 is 11.8 Å². The van der Waals surface area contributed by atoms with Gasteiger partial charge in [-0.1, -0.05) is 23.3 Å². The van der Waals surface area contributed by atoms with E-state index in [9.17, 15) is 0 Å². The zero-order chi connectivity index (χ0) is 11.3. The second-order valence-electron chi connectivity index (χ2n) is 4.05. The summed E-state index contributed by atoms with van der Waals surface area (Å²) in [6, 6.07) is 8.77. The van der Waals surface area contributed by atoms with Crippen LogP contribution in [0.25, 0.3) is 0 Å². The van der Waals surface area contributed by atoms with Crippen molar-refractivity contribution < 1.29 is 0 Å². The third-order valence-electron chi connectivity index (χ3n) is 2.10. The molecule has 0 saturated carbocycles. The van der Waals surface area contributed by atoms with Crippen LogP contribution in [0.15, 0.2) is 41.3 Å². The molecule has 0 heterocycles. The third-order valence-corrected chi connectivity index (χ3v) is 3.30. The Hall–Kier alpha value is -0.730. The van der Waals surface area contributed by atoms with Crippen LogP contribution in [0.3, 0.4) is 0 Å². The van der Waals surface area contributed by atoms with Crippen LogP contribution in [0.4, 0.5) is 0 Å². The molecular formula is C13H19NS. The summed E-state index contributed by atoms with van der Waals surface area (Å²) >= 11 is 1.81. The largest absolute Gasteiger partial charge is 0.327 e. The van der Waals surface area contributed by atoms with Gasteiger partial charge in [-0.2, -0.15) is 0 Å². The van der Waals surface area contributed by atoms with E-state index in [0.29, 0.717) is 0 Å². The van der Waals surface area contributed by atoms with Crippen molar-refractivity contribution in [1.29, 1.82) is 0 Å². The number of hydrogen-bond donors (Lipinski definition) is 1. The molecule has 82 valence electrons. The van der Waals surface area contributed by atoms with Crippen molar-refractivity contribution >= 4 is 11.8 Å². The molecule has 0 radical (unpaired) electrons. The fraction of sp³-hybridized carbons (Fsp3) is 0.385. The molecule has 2 heteroatoms. The lowest BCUT2D eigenvalue weighted by Gasteiger charge is -2.10. The SMILES string of the molecule is C=C(C)CC(N)CSc1ccc(C)cc1. The number of nitrogens with two attached hydrogens (primary N) is 1. The molecule has 2 N–H and O–H groups in total. The molecule has 0 aliphatic heterocycles. The van der Waals surface area contributed by atoms with Gasteiger partial charge in [-0.05, 0) is 32.4 Å². The standard InChI is InChI=1S/C13H19NS/c1-10(2)8-12(14)9-15-13-6-4-11(3)5-7-13/h4-7,12H,1,8-9,14H2,2-3H3. The maximum absolute atomic E-state index is 5.97. The van der Waals surface area contributed by atoms with E-state index >= 15 is 0 Å². The highest BCUT2D eigenvalue weighted by atomic mass is 32.2. The molecule has 15 heavy (non-hydrogen) atoms. The fourth-order valence-electron chi connectivity index (χ4n) is 1.34. The van der Waals surface area contributed by atoms with Gasteiger partial charge in [0.25, 0.3) is 0 Å². The molecule has 0 fully saturated rings. The quantitative estimate of drug-likeness (QED) is 0.609. The fourth-order valence-corrected chi connectivity index (χ4v) is 2.20. The van der Waals surface area contributed by atoms with Gasteiger partial charge in [0.1, 0.15) is 0 Å². The lowest BCUT2D eigenvalue weighted by molar-refractivity contribution is 0.743. The summed E-state index contributed by atoms with van der Waals surface area (Å²) in [5, 5.41) is 0. The molecule has 1 aromatic rings. The molecule has 0 saturated heterocycles. The summed E-state index contributed by atoms with van der Waals surface area (Å²) in [4.78, 5) is 1.29. The first-order valence-corrected chi connectivity index (χ1v) is 6.16. The van der Waals surface area contributed by atoms with E-state index in [2.05, 4.69) is 37.8 Å². The van der Waals surface area contributed by atoms with Gasteiger partial charge in [-0.3, -0.25) is 0 Å². The Morgan fingerprint density at radius 3 is 2.53 bits per heavy atom. The van der Waals surface area contributed by atoms with Crippen molar-refractivity contribution in [2.45, 2.75) is 31.2 Å². The average molecular weight is 221 g/mol. The van der Waals surface area contributed by atoms with E-state index in [1.54, 1.807) is 0 Å². The molecule has 0 aromatic heterocycles. The molecular weight excluding hydrogens is 202 g/mol. The van der Waals surface area contributed by atoms with Crippen LogP contribution in [0.5, 0.6) is 0 Å². The van der Waals surface area contributed by atoms with Gasteiger partial charge in [-0.15, -0.1) is 18.3 Å². The molecule has 1 unspecified atom stereocenters. The summed E-state index contributed by atoms with van der Waals surface area (Å²) in [6.07, 6.45) is 0.916. The molecule has 1 nitrogen and oxygen atoms in total. The van der Waals surface area contributed by atoms with Crippen molar-refractivity contribution in [2.75, 3.05) is 5.75 Å². The topological polar surface area (TPSA) is 26.0 Å². The van der Waals surface area contributed by atoms with Crippen LogP contribution in [-0.2, 0) is 0 Å². The molecule has 1 atom stereocenters. The van der Waals surface area contributed by atoms with Gasteiger partial charge in [0.15, 0.2) is 0 Å². The van der Waals surface area contributed by atoms with Gasteiger partial charge >= 0.3 is 0 Å². The lowest BCUT2D eigenvalue weighted by Crippen LogP contribution is -2.22. The van der Waals surface area contributed by atoms with Gasteiger partial charge in [0.2, 0.25) is 0 Å². The number of aryl methyl sites for hydroxylation is 1. The van der Waals surface area contributed by atoms with Crippen molar-refractivity contribution in [3.05, 3.63) is 42.0 Å². The average Bonchev–Trinajstić information content (AvgIpc) is 2.16. The van der Waals surface area contributed by atoms with Gasteiger partial charge in [0.05, 0.1) is 0 Å². The van der Waals surface area contributed by atoms with Gasteiger partial charge in [0, 0.05) is 16.7 Å². The number of hydrogen-bond acceptors (Lipinski definition) is 2. The normalized spacial score (nSPS) is 12.5. The minimum Gasteiger partial charge on any atom is -0.327 e. The molecule has 1 rings (SSSR count). The Morgan fingerprint density at radius 1 is 1.40 bits per heavy atom. The summed E-state index contributed by atoms with van der Waals surface area (Å²) in [6.45, 7) is 8.00. The minimum absolute atomic E-state index is 0.216. The van der Waals surface area contributed by atoms with Crippen LogP contribution in [0, 0.1) is 6.92 Å². The second-order valence-corrected chi connectivity index (χ2v) is 5.14. The maximum atomic E-state index is 5.97.